The van der Waals surface area contributed by atoms with Gasteiger partial charge in [-0.25, -0.2) is 0 Å². The number of alkyl halides is 1. The second-order valence-corrected chi connectivity index (χ2v) is 5.86. The molecular weight excluding hydrogens is 372 g/mol. The molecule has 0 radical (unpaired) electrons. The molecule has 0 aliphatic rings. The van der Waals surface area contributed by atoms with E-state index >= 15 is 0 Å². The van der Waals surface area contributed by atoms with E-state index in [0.29, 0.717) is 6.61 Å². The van der Waals surface area contributed by atoms with Crippen LogP contribution in [0.25, 0.3) is 0 Å². The Morgan fingerprint density at radius 2 is 2.05 bits per heavy atom. The number of aromatic nitrogens is 2. The number of nitrogens with zero attached hydrogens (tertiary/aromatic N) is 2. The first-order valence-corrected chi connectivity index (χ1v) is 7.90. The van der Waals surface area contributed by atoms with E-state index in [4.69, 9.17) is 4.74 Å². The van der Waals surface area contributed by atoms with Crippen LogP contribution >= 0.6 is 31.9 Å². The maximum absolute atomic E-state index is 5.92. The first-order valence-electron chi connectivity index (χ1n) is 5.99. The molecule has 0 amide bonds. The average Bonchev–Trinajstić information content (AvgIpc) is 2.62. The van der Waals surface area contributed by atoms with Gasteiger partial charge in [0.2, 0.25) is 0 Å². The molecule has 0 saturated carbocycles. The summed E-state index contributed by atoms with van der Waals surface area (Å²) in [5.74, 6) is 0.910. The zero-order valence-corrected chi connectivity index (χ0v) is 14.4. The van der Waals surface area contributed by atoms with Crippen LogP contribution in [0.5, 0.6) is 5.75 Å². The van der Waals surface area contributed by atoms with E-state index in [-0.39, 0.29) is 0 Å². The minimum Gasteiger partial charge on any atom is -0.487 e. The van der Waals surface area contributed by atoms with Crippen LogP contribution in [0.4, 0.5) is 0 Å². The predicted octanol–water partition coefficient (Wildman–Crippen LogP) is 4.27. The second kappa shape index (κ2) is 6.09. The predicted molar refractivity (Wildman–Crippen MR) is 83.8 cm³/mol. The van der Waals surface area contributed by atoms with Crippen molar-refractivity contribution in [3.05, 3.63) is 45.2 Å². The van der Waals surface area contributed by atoms with Gasteiger partial charge in [0.15, 0.2) is 0 Å². The summed E-state index contributed by atoms with van der Waals surface area (Å²) in [7, 11) is 1.93. The van der Waals surface area contributed by atoms with Crippen LogP contribution in [0.2, 0.25) is 0 Å². The molecule has 0 spiro atoms. The molecule has 1 aromatic carbocycles. The van der Waals surface area contributed by atoms with E-state index in [2.05, 4.69) is 56.0 Å². The van der Waals surface area contributed by atoms with Gasteiger partial charge in [-0.05, 0) is 35.8 Å². The van der Waals surface area contributed by atoms with Crippen molar-refractivity contribution < 1.29 is 4.74 Å². The topological polar surface area (TPSA) is 27.1 Å². The molecule has 0 atom stereocenters. The molecule has 1 heterocycles. The van der Waals surface area contributed by atoms with E-state index in [1.165, 1.54) is 5.56 Å². The smallest absolute Gasteiger partial charge is 0.131 e. The number of aryl methyl sites for hydroxylation is 3. The summed E-state index contributed by atoms with van der Waals surface area (Å²) >= 11 is 7.04. The van der Waals surface area contributed by atoms with Crippen molar-refractivity contribution in [2.75, 3.05) is 0 Å². The molecule has 0 N–H and O–H groups in total. The molecule has 1 aromatic heterocycles. The molecule has 5 heteroatoms. The fourth-order valence-electron chi connectivity index (χ4n) is 1.94. The number of halogens is 2. The maximum atomic E-state index is 5.92. The van der Waals surface area contributed by atoms with E-state index in [0.717, 1.165) is 32.5 Å². The normalized spacial score (nSPS) is 10.8. The van der Waals surface area contributed by atoms with E-state index in [9.17, 15) is 0 Å². The van der Waals surface area contributed by atoms with Gasteiger partial charge in [0, 0.05) is 17.9 Å². The Bertz CT molecular complexity index is 593. The molecule has 0 aliphatic heterocycles. The lowest BCUT2D eigenvalue weighted by Gasteiger charge is -2.11. The van der Waals surface area contributed by atoms with Crippen molar-refractivity contribution in [3.8, 4) is 5.75 Å². The Labute approximate surface area is 130 Å². The van der Waals surface area contributed by atoms with Gasteiger partial charge in [-0.3, -0.25) is 4.68 Å². The van der Waals surface area contributed by atoms with Crippen molar-refractivity contribution >= 4 is 31.9 Å². The number of benzene rings is 1. The fraction of sp³-hybridized carbons (Fsp3) is 0.357. The van der Waals surface area contributed by atoms with Gasteiger partial charge >= 0.3 is 0 Å². The van der Waals surface area contributed by atoms with Crippen molar-refractivity contribution in [1.82, 2.24) is 9.78 Å². The fourth-order valence-corrected chi connectivity index (χ4v) is 2.83. The lowest BCUT2D eigenvalue weighted by Crippen LogP contribution is -2.04. The van der Waals surface area contributed by atoms with Crippen LogP contribution in [0.15, 0.2) is 22.7 Å². The molecule has 102 valence electrons. The third kappa shape index (κ3) is 3.20. The molecule has 0 aliphatic carbocycles. The van der Waals surface area contributed by atoms with Crippen molar-refractivity contribution in [2.24, 2.45) is 7.05 Å². The quantitative estimate of drug-likeness (QED) is 0.732. The van der Waals surface area contributed by atoms with E-state index < -0.39 is 0 Å². The molecular formula is C14H16Br2N2O. The molecule has 0 bridgehead atoms. The molecule has 0 fully saturated rings. The van der Waals surface area contributed by atoms with Crippen molar-refractivity contribution in [2.45, 2.75) is 25.8 Å². The first kappa shape index (κ1) is 14.6. The third-order valence-corrected chi connectivity index (χ3v) is 4.62. The number of hydrogen-bond donors (Lipinski definition) is 0. The van der Waals surface area contributed by atoms with E-state index in [1.807, 2.05) is 24.7 Å². The summed E-state index contributed by atoms with van der Waals surface area (Å²) in [5, 5.41) is 5.15. The number of ether oxygens (including phenoxy) is 1. The van der Waals surface area contributed by atoms with Crippen LogP contribution in [-0.4, -0.2) is 9.78 Å². The Hall–Kier alpha value is -0.810. The van der Waals surface area contributed by atoms with Gasteiger partial charge in [-0.1, -0.05) is 33.6 Å². The highest BCUT2D eigenvalue weighted by atomic mass is 79.9. The van der Waals surface area contributed by atoms with Crippen LogP contribution in [-0.2, 0) is 19.0 Å². The van der Waals surface area contributed by atoms with Gasteiger partial charge in [0.05, 0.1) is 15.9 Å². The average molecular weight is 388 g/mol. The van der Waals surface area contributed by atoms with Gasteiger partial charge in [-0.15, -0.1) is 0 Å². The molecule has 0 unspecified atom stereocenters. The summed E-state index contributed by atoms with van der Waals surface area (Å²) in [6.45, 7) is 4.56. The van der Waals surface area contributed by atoms with Crippen LogP contribution in [0, 0.1) is 13.8 Å². The Morgan fingerprint density at radius 3 is 2.63 bits per heavy atom. The van der Waals surface area contributed by atoms with Crippen molar-refractivity contribution in [1.29, 1.82) is 0 Å². The largest absolute Gasteiger partial charge is 0.487 e. The molecule has 2 aromatic rings. The SMILES string of the molecule is Cc1ccc(OCc2c(Br)c(C)nn2C)c(CBr)c1. The second-order valence-electron chi connectivity index (χ2n) is 4.50. The highest BCUT2D eigenvalue weighted by Crippen LogP contribution is 2.26. The van der Waals surface area contributed by atoms with Gasteiger partial charge < -0.3 is 4.74 Å². The summed E-state index contributed by atoms with van der Waals surface area (Å²) in [4.78, 5) is 0. The maximum Gasteiger partial charge on any atom is 0.131 e. The summed E-state index contributed by atoms with van der Waals surface area (Å²) in [6, 6.07) is 6.21. The monoisotopic (exact) mass is 386 g/mol. The lowest BCUT2D eigenvalue weighted by atomic mass is 10.1. The number of rotatable bonds is 4. The minimum absolute atomic E-state index is 0.501. The zero-order valence-electron chi connectivity index (χ0n) is 11.2. The summed E-state index contributed by atoms with van der Waals surface area (Å²) in [6.07, 6.45) is 0. The summed E-state index contributed by atoms with van der Waals surface area (Å²) in [5.41, 5.74) is 4.42. The zero-order chi connectivity index (χ0) is 14.0. The Morgan fingerprint density at radius 1 is 1.32 bits per heavy atom. The minimum atomic E-state index is 0.501. The Balaban J connectivity index is 2.19. The van der Waals surface area contributed by atoms with Crippen LogP contribution in [0.3, 0.4) is 0 Å². The van der Waals surface area contributed by atoms with Gasteiger partial charge in [0.1, 0.15) is 12.4 Å². The molecule has 19 heavy (non-hydrogen) atoms. The third-order valence-electron chi connectivity index (χ3n) is 2.99. The highest BCUT2D eigenvalue weighted by molar-refractivity contribution is 9.10. The Kier molecular flexibility index (Phi) is 4.68. The highest BCUT2D eigenvalue weighted by Gasteiger charge is 2.12. The van der Waals surface area contributed by atoms with Gasteiger partial charge in [0.25, 0.3) is 0 Å². The molecule has 3 nitrogen and oxygen atoms in total. The van der Waals surface area contributed by atoms with Crippen LogP contribution < -0.4 is 4.74 Å². The number of hydrogen-bond acceptors (Lipinski definition) is 2. The standard InChI is InChI=1S/C14H16Br2N2O/c1-9-4-5-13(11(6-9)7-15)19-8-12-14(16)10(2)17-18(12)3/h4-6H,7-8H2,1-3H3. The van der Waals surface area contributed by atoms with Crippen molar-refractivity contribution in [3.63, 3.8) is 0 Å². The molecule has 2 rings (SSSR count). The van der Waals surface area contributed by atoms with Gasteiger partial charge in [-0.2, -0.15) is 5.10 Å². The first-order chi connectivity index (χ1) is 9.02. The van der Waals surface area contributed by atoms with E-state index in [1.54, 1.807) is 0 Å². The molecule has 0 saturated heterocycles. The van der Waals surface area contributed by atoms with Crippen LogP contribution in [0.1, 0.15) is 22.5 Å². The lowest BCUT2D eigenvalue weighted by molar-refractivity contribution is 0.292. The summed E-state index contributed by atoms with van der Waals surface area (Å²) < 4.78 is 8.79.